The molecule has 92 valence electrons. The Morgan fingerprint density at radius 2 is 2.41 bits per heavy atom. The number of phenolic OH excluding ortho intramolecular Hbond substituents is 1. The van der Waals surface area contributed by atoms with Gasteiger partial charge in [-0.1, -0.05) is 6.92 Å². The highest BCUT2D eigenvalue weighted by Gasteiger charge is 2.24. The summed E-state index contributed by atoms with van der Waals surface area (Å²) in [4.78, 5) is 10.9. The summed E-state index contributed by atoms with van der Waals surface area (Å²) in [6.45, 7) is 3.91. The van der Waals surface area contributed by atoms with Crippen molar-refractivity contribution in [1.29, 1.82) is 0 Å². The number of hydrogen-bond acceptors (Lipinski definition) is 4. The van der Waals surface area contributed by atoms with Gasteiger partial charge in [-0.15, -0.1) is 11.8 Å². The maximum absolute atomic E-state index is 10.9. The standard InChI is InChI=1S/C13H16O3S/c1-3-17-12-5-4-9-11(16-12)6-8(2)10(7-14)13(9)15/h6-7,12,15H,3-5H2,1-2H3. The molecule has 0 amide bonds. The van der Waals surface area contributed by atoms with Gasteiger partial charge >= 0.3 is 0 Å². The molecule has 1 aliphatic heterocycles. The maximum atomic E-state index is 10.9. The van der Waals surface area contributed by atoms with E-state index in [2.05, 4.69) is 6.92 Å². The van der Waals surface area contributed by atoms with E-state index in [-0.39, 0.29) is 11.2 Å². The number of rotatable bonds is 3. The van der Waals surface area contributed by atoms with Crippen LogP contribution in [0.2, 0.25) is 0 Å². The number of carbonyl (C=O) groups is 1. The Bertz CT molecular complexity index is 443. The van der Waals surface area contributed by atoms with Crippen molar-refractivity contribution in [3.8, 4) is 11.5 Å². The Balaban J connectivity index is 2.37. The lowest BCUT2D eigenvalue weighted by atomic mass is 9.98. The van der Waals surface area contributed by atoms with Gasteiger partial charge < -0.3 is 9.84 Å². The van der Waals surface area contributed by atoms with Gasteiger partial charge in [0.1, 0.15) is 16.9 Å². The van der Waals surface area contributed by atoms with E-state index in [1.807, 2.05) is 13.0 Å². The molecule has 0 saturated carbocycles. The van der Waals surface area contributed by atoms with Crippen molar-refractivity contribution in [2.45, 2.75) is 32.1 Å². The lowest BCUT2D eigenvalue weighted by molar-refractivity contribution is 0.112. The first kappa shape index (κ1) is 12.3. The third kappa shape index (κ3) is 2.27. The fourth-order valence-corrected chi connectivity index (χ4v) is 2.92. The molecule has 0 fully saturated rings. The molecule has 1 N–H and O–H groups in total. The molecule has 1 aromatic carbocycles. The lowest BCUT2D eigenvalue weighted by Crippen LogP contribution is -2.20. The van der Waals surface area contributed by atoms with Crippen LogP contribution in [-0.4, -0.2) is 22.6 Å². The van der Waals surface area contributed by atoms with Crippen LogP contribution in [0.3, 0.4) is 0 Å². The topological polar surface area (TPSA) is 46.5 Å². The molecular weight excluding hydrogens is 236 g/mol. The van der Waals surface area contributed by atoms with Crippen LogP contribution in [-0.2, 0) is 6.42 Å². The molecule has 0 spiro atoms. The van der Waals surface area contributed by atoms with Gasteiger partial charge in [0.25, 0.3) is 0 Å². The second kappa shape index (κ2) is 5.00. The molecule has 2 rings (SSSR count). The summed E-state index contributed by atoms with van der Waals surface area (Å²) in [6.07, 6.45) is 2.35. The van der Waals surface area contributed by atoms with Crippen molar-refractivity contribution < 1.29 is 14.6 Å². The van der Waals surface area contributed by atoms with Gasteiger partial charge in [-0.2, -0.15) is 0 Å². The van der Waals surface area contributed by atoms with Gasteiger partial charge in [0.15, 0.2) is 6.29 Å². The predicted octanol–water partition coefficient (Wildman–Crippen LogP) is 2.92. The summed E-state index contributed by atoms with van der Waals surface area (Å²) >= 11 is 1.76. The highest BCUT2D eigenvalue weighted by Crippen LogP contribution is 2.39. The largest absolute Gasteiger partial charge is 0.507 e. The average molecular weight is 252 g/mol. The first-order valence-electron chi connectivity index (χ1n) is 5.76. The molecule has 0 saturated heterocycles. The molecule has 0 bridgehead atoms. The van der Waals surface area contributed by atoms with Crippen molar-refractivity contribution in [3.05, 3.63) is 22.8 Å². The Labute approximate surface area is 105 Å². The molecule has 0 aliphatic carbocycles. The van der Waals surface area contributed by atoms with Crippen molar-refractivity contribution in [2.24, 2.45) is 0 Å². The Hall–Kier alpha value is -1.16. The van der Waals surface area contributed by atoms with Crippen LogP contribution < -0.4 is 4.74 Å². The normalized spacial score (nSPS) is 18.4. The predicted molar refractivity (Wildman–Crippen MR) is 69.1 cm³/mol. The third-order valence-corrected chi connectivity index (χ3v) is 4.01. The zero-order chi connectivity index (χ0) is 12.4. The molecule has 0 aromatic heterocycles. The second-order valence-electron chi connectivity index (χ2n) is 4.09. The van der Waals surface area contributed by atoms with Gasteiger partial charge in [-0.3, -0.25) is 4.79 Å². The second-order valence-corrected chi connectivity index (χ2v) is 5.53. The van der Waals surface area contributed by atoms with Gasteiger partial charge in [0, 0.05) is 5.56 Å². The average Bonchev–Trinajstić information content (AvgIpc) is 2.29. The number of benzene rings is 1. The summed E-state index contributed by atoms with van der Waals surface area (Å²) in [6, 6.07) is 1.85. The van der Waals surface area contributed by atoms with Gasteiger partial charge in [0.2, 0.25) is 0 Å². The van der Waals surface area contributed by atoms with Crippen LogP contribution in [0, 0.1) is 6.92 Å². The Morgan fingerprint density at radius 3 is 3.06 bits per heavy atom. The number of carbonyl (C=O) groups excluding carboxylic acids is 1. The van der Waals surface area contributed by atoms with Crippen LogP contribution in [0.25, 0.3) is 0 Å². The van der Waals surface area contributed by atoms with E-state index >= 15 is 0 Å². The number of phenols is 1. The molecule has 1 aliphatic rings. The SMILES string of the molecule is CCSC1CCc2c(cc(C)c(C=O)c2O)O1. The van der Waals surface area contributed by atoms with Crippen molar-refractivity contribution >= 4 is 18.0 Å². The number of aldehydes is 1. The van der Waals surface area contributed by atoms with Crippen molar-refractivity contribution in [2.75, 3.05) is 5.75 Å². The summed E-state index contributed by atoms with van der Waals surface area (Å²) in [7, 11) is 0. The summed E-state index contributed by atoms with van der Waals surface area (Å²) in [5.41, 5.74) is 2.08. The van der Waals surface area contributed by atoms with E-state index in [4.69, 9.17) is 4.74 Å². The highest BCUT2D eigenvalue weighted by molar-refractivity contribution is 7.99. The van der Waals surface area contributed by atoms with Crippen LogP contribution in [0.4, 0.5) is 0 Å². The number of aryl methyl sites for hydroxylation is 1. The number of aromatic hydroxyl groups is 1. The molecule has 1 aromatic rings. The number of thioether (sulfide) groups is 1. The minimum Gasteiger partial charge on any atom is -0.507 e. The van der Waals surface area contributed by atoms with Crippen molar-refractivity contribution in [3.63, 3.8) is 0 Å². The number of hydrogen-bond donors (Lipinski definition) is 1. The zero-order valence-corrected chi connectivity index (χ0v) is 10.8. The van der Waals surface area contributed by atoms with Gasteiger partial charge in [0.05, 0.1) is 5.56 Å². The van der Waals surface area contributed by atoms with Crippen LogP contribution in [0.1, 0.15) is 34.8 Å². The first-order chi connectivity index (χ1) is 8.17. The van der Waals surface area contributed by atoms with E-state index in [1.54, 1.807) is 11.8 Å². The van der Waals surface area contributed by atoms with Crippen LogP contribution in [0.15, 0.2) is 6.07 Å². The first-order valence-corrected chi connectivity index (χ1v) is 6.81. The summed E-state index contributed by atoms with van der Waals surface area (Å²) in [5, 5.41) is 10.0. The fraction of sp³-hybridized carbons (Fsp3) is 0.462. The smallest absolute Gasteiger partial charge is 0.154 e. The summed E-state index contributed by atoms with van der Waals surface area (Å²) < 4.78 is 5.82. The minimum absolute atomic E-state index is 0.0925. The Kier molecular flexibility index (Phi) is 3.62. The molecular formula is C13H16O3S. The van der Waals surface area contributed by atoms with Crippen LogP contribution >= 0.6 is 11.8 Å². The monoisotopic (exact) mass is 252 g/mol. The van der Waals surface area contributed by atoms with Gasteiger partial charge in [-0.25, -0.2) is 0 Å². The van der Waals surface area contributed by atoms with Crippen molar-refractivity contribution in [1.82, 2.24) is 0 Å². The molecule has 17 heavy (non-hydrogen) atoms. The highest BCUT2D eigenvalue weighted by atomic mass is 32.2. The van der Waals surface area contributed by atoms with Crippen LogP contribution in [0.5, 0.6) is 11.5 Å². The molecule has 1 atom stereocenters. The summed E-state index contributed by atoms with van der Waals surface area (Å²) in [5.74, 6) is 1.83. The molecule has 4 heteroatoms. The van der Waals surface area contributed by atoms with E-state index in [1.165, 1.54) is 0 Å². The third-order valence-electron chi connectivity index (χ3n) is 2.97. The van der Waals surface area contributed by atoms with Gasteiger partial charge in [-0.05, 0) is 37.1 Å². The lowest BCUT2D eigenvalue weighted by Gasteiger charge is -2.26. The molecule has 3 nitrogen and oxygen atoms in total. The minimum atomic E-state index is 0.0925. The maximum Gasteiger partial charge on any atom is 0.154 e. The Morgan fingerprint density at radius 1 is 1.65 bits per heavy atom. The quantitative estimate of drug-likeness (QED) is 0.840. The zero-order valence-electron chi connectivity index (χ0n) is 10.0. The van der Waals surface area contributed by atoms with E-state index in [0.29, 0.717) is 11.8 Å². The van der Waals surface area contributed by atoms with E-state index in [9.17, 15) is 9.90 Å². The molecule has 0 radical (unpaired) electrons. The van der Waals surface area contributed by atoms with E-state index < -0.39 is 0 Å². The van der Waals surface area contributed by atoms with E-state index in [0.717, 1.165) is 35.5 Å². The number of fused-ring (bicyclic) bond motifs is 1. The molecule has 1 heterocycles. The molecule has 1 unspecified atom stereocenters. The number of ether oxygens (including phenoxy) is 1. The fourth-order valence-electron chi connectivity index (χ4n) is 2.09.